The third-order valence-corrected chi connectivity index (χ3v) is 6.64. The van der Waals surface area contributed by atoms with Crippen molar-refractivity contribution in [3.05, 3.63) is 89.2 Å². The summed E-state index contributed by atoms with van der Waals surface area (Å²) in [6.07, 6.45) is 0. The molecule has 0 radical (unpaired) electrons. The van der Waals surface area contributed by atoms with Crippen LogP contribution in [-0.4, -0.2) is 38.0 Å². The standard InChI is InChI=1S/C23H22FNO6S/c1-30-19-8-3-16(4-9-19)14-25(15-17-5-12-21(24)22(13-17)31-2)32(28,29)20-10-6-18(7-11-20)23(26)27/h3-13H,14-15H2,1-2H3,(H,26,27). The summed E-state index contributed by atoms with van der Waals surface area (Å²) >= 11 is 0. The Morgan fingerprint density at radius 2 is 1.50 bits per heavy atom. The van der Waals surface area contributed by atoms with Crippen LogP contribution in [0.1, 0.15) is 21.5 Å². The molecule has 168 valence electrons. The van der Waals surface area contributed by atoms with Crippen LogP contribution in [0.2, 0.25) is 0 Å². The number of aromatic carboxylic acids is 1. The van der Waals surface area contributed by atoms with Gasteiger partial charge in [0.1, 0.15) is 5.75 Å². The van der Waals surface area contributed by atoms with Crippen molar-refractivity contribution in [3.8, 4) is 11.5 Å². The van der Waals surface area contributed by atoms with Gasteiger partial charge in [-0.15, -0.1) is 0 Å². The van der Waals surface area contributed by atoms with Crippen molar-refractivity contribution in [3.63, 3.8) is 0 Å². The van der Waals surface area contributed by atoms with Crippen LogP contribution in [0, 0.1) is 5.82 Å². The maximum atomic E-state index is 13.8. The summed E-state index contributed by atoms with van der Waals surface area (Å²) in [7, 11) is -1.14. The second kappa shape index (κ2) is 9.80. The largest absolute Gasteiger partial charge is 0.497 e. The molecule has 0 saturated heterocycles. The van der Waals surface area contributed by atoms with E-state index < -0.39 is 21.8 Å². The van der Waals surface area contributed by atoms with Crippen molar-refractivity contribution >= 4 is 16.0 Å². The first kappa shape index (κ1) is 23.2. The van der Waals surface area contributed by atoms with Gasteiger partial charge in [0, 0.05) is 13.1 Å². The van der Waals surface area contributed by atoms with E-state index in [0.29, 0.717) is 16.9 Å². The predicted molar refractivity (Wildman–Crippen MR) is 116 cm³/mol. The molecule has 1 N–H and O–H groups in total. The fourth-order valence-corrected chi connectivity index (χ4v) is 4.50. The number of rotatable bonds is 9. The molecule has 0 spiro atoms. The molecule has 0 aliphatic carbocycles. The lowest BCUT2D eigenvalue weighted by Gasteiger charge is -2.23. The average Bonchev–Trinajstić information content (AvgIpc) is 2.80. The highest BCUT2D eigenvalue weighted by atomic mass is 32.2. The first-order valence-electron chi connectivity index (χ1n) is 9.53. The van der Waals surface area contributed by atoms with E-state index in [1.807, 2.05) is 0 Å². The molecule has 32 heavy (non-hydrogen) atoms. The Hall–Kier alpha value is -3.43. The second-order valence-corrected chi connectivity index (χ2v) is 8.86. The number of sulfonamides is 1. The molecule has 0 atom stereocenters. The van der Waals surface area contributed by atoms with Crippen LogP contribution in [0.15, 0.2) is 71.6 Å². The second-order valence-electron chi connectivity index (χ2n) is 6.92. The van der Waals surface area contributed by atoms with Gasteiger partial charge in [0.15, 0.2) is 11.6 Å². The van der Waals surface area contributed by atoms with Crippen LogP contribution < -0.4 is 9.47 Å². The summed E-state index contributed by atoms with van der Waals surface area (Å²) in [5.41, 5.74) is 1.22. The van der Waals surface area contributed by atoms with Crippen molar-refractivity contribution in [1.82, 2.24) is 4.31 Å². The maximum Gasteiger partial charge on any atom is 0.335 e. The minimum Gasteiger partial charge on any atom is -0.497 e. The van der Waals surface area contributed by atoms with E-state index in [1.54, 1.807) is 24.3 Å². The van der Waals surface area contributed by atoms with Crippen molar-refractivity contribution in [2.24, 2.45) is 0 Å². The molecule has 0 aliphatic heterocycles. The smallest absolute Gasteiger partial charge is 0.335 e. The minimum absolute atomic E-state index is 0.00936. The molecule has 3 rings (SSSR count). The normalized spacial score (nSPS) is 11.4. The van der Waals surface area contributed by atoms with Gasteiger partial charge in [-0.05, 0) is 59.7 Å². The zero-order valence-electron chi connectivity index (χ0n) is 17.5. The van der Waals surface area contributed by atoms with E-state index in [2.05, 4.69) is 0 Å². The number of hydrogen-bond acceptors (Lipinski definition) is 5. The number of carbonyl (C=O) groups is 1. The molecule has 3 aromatic rings. The van der Waals surface area contributed by atoms with Crippen molar-refractivity contribution in [2.45, 2.75) is 18.0 Å². The van der Waals surface area contributed by atoms with Crippen LogP contribution >= 0.6 is 0 Å². The van der Waals surface area contributed by atoms with Gasteiger partial charge in [0.25, 0.3) is 0 Å². The first-order chi connectivity index (χ1) is 15.2. The molecule has 7 nitrogen and oxygen atoms in total. The molecular weight excluding hydrogens is 437 g/mol. The Morgan fingerprint density at radius 3 is 2.06 bits per heavy atom. The summed E-state index contributed by atoms with van der Waals surface area (Å²) in [5, 5.41) is 9.08. The Morgan fingerprint density at radius 1 is 0.906 bits per heavy atom. The first-order valence-corrected chi connectivity index (χ1v) is 11.0. The molecule has 0 fully saturated rings. The highest BCUT2D eigenvalue weighted by Gasteiger charge is 2.26. The number of hydrogen-bond donors (Lipinski definition) is 1. The third-order valence-electron chi connectivity index (χ3n) is 4.83. The minimum atomic E-state index is -4.01. The number of carboxylic acids is 1. The summed E-state index contributed by atoms with van der Waals surface area (Å²) in [5.74, 6) is -1.06. The quantitative estimate of drug-likeness (QED) is 0.521. The lowest BCUT2D eigenvalue weighted by molar-refractivity contribution is 0.0696. The zero-order chi connectivity index (χ0) is 23.3. The molecule has 0 unspecified atom stereocenters. The number of carboxylic acid groups (broad SMARTS) is 1. The molecule has 0 bridgehead atoms. The summed E-state index contributed by atoms with van der Waals surface area (Å²) in [6.45, 7) is -0.0155. The molecule has 9 heteroatoms. The molecule has 0 aromatic heterocycles. The van der Waals surface area contributed by atoms with Gasteiger partial charge in [-0.1, -0.05) is 18.2 Å². The summed E-state index contributed by atoms with van der Waals surface area (Å²) in [6, 6.07) is 16.1. The fourth-order valence-electron chi connectivity index (χ4n) is 3.09. The Labute approximate surface area is 185 Å². The van der Waals surface area contributed by atoms with E-state index in [9.17, 15) is 17.6 Å². The Kier molecular flexibility index (Phi) is 7.12. The van der Waals surface area contributed by atoms with Crippen LogP contribution in [0.3, 0.4) is 0 Å². The highest BCUT2D eigenvalue weighted by molar-refractivity contribution is 7.89. The van der Waals surface area contributed by atoms with Gasteiger partial charge in [-0.25, -0.2) is 17.6 Å². The SMILES string of the molecule is COc1ccc(CN(Cc2ccc(F)c(OC)c2)S(=O)(=O)c2ccc(C(=O)O)cc2)cc1. The van der Waals surface area contributed by atoms with Crippen LogP contribution in [0.25, 0.3) is 0 Å². The van der Waals surface area contributed by atoms with Gasteiger partial charge in [-0.2, -0.15) is 4.31 Å². The fraction of sp³-hybridized carbons (Fsp3) is 0.174. The molecule has 0 saturated carbocycles. The Bertz CT molecular complexity index is 1190. The lowest BCUT2D eigenvalue weighted by atomic mass is 10.2. The van der Waals surface area contributed by atoms with Crippen LogP contribution in [-0.2, 0) is 23.1 Å². The monoisotopic (exact) mass is 459 g/mol. The number of halogens is 1. The topological polar surface area (TPSA) is 93.1 Å². The van der Waals surface area contributed by atoms with Gasteiger partial charge >= 0.3 is 5.97 Å². The molecule has 0 amide bonds. The molecular formula is C23H22FNO6S. The lowest BCUT2D eigenvalue weighted by Crippen LogP contribution is -2.30. The number of ether oxygens (including phenoxy) is 2. The van der Waals surface area contributed by atoms with Gasteiger partial charge in [-0.3, -0.25) is 0 Å². The average molecular weight is 459 g/mol. The summed E-state index contributed by atoms with van der Waals surface area (Å²) in [4.78, 5) is 11.1. The van der Waals surface area contributed by atoms with Crippen molar-refractivity contribution in [1.29, 1.82) is 0 Å². The van der Waals surface area contributed by atoms with Crippen molar-refractivity contribution < 1.29 is 32.2 Å². The van der Waals surface area contributed by atoms with E-state index >= 15 is 0 Å². The van der Waals surface area contributed by atoms with Crippen molar-refractivity contribution in [2.75, 3.05) is 14.2 Å². The van der Waals surface area contributed by atoms with Gasteiger partial charge in [0.2, 0.25) is 10.0 Å². The van der Waals surface area contributed by atoms with E-state index in [4.69, 9.17) is 14.6 Å². The van der Waals surface area contributed by atoms with E-state index in [1.165, 1.54) is 61.0 Å². The predicted octanol–water partition coefficient (Wildman–Crippen LogP) is 3.93. The Balaban J connectivity index is 1.98. The van der Waals surface area contributed by atoms with Gasteiger partial charge < -0.3 is 14.6 Å². The maximum absolute atomic E-state index is 13.8. The molecule has 0 heterocycles. The number of methoxy groups -OCH3 is 2. The van der Waals surface area contributed by atoms with E-state index in [-0.39, 0.29) is 29.3 Å². The van der Waals surface area contributed by atoms with E-state index in [0.717, 1.165) is 0 Å². The zero-order valence-corrected chi connectivity index (χ0v) is 18.3. The highest BCUT2D eigenvalue weighted by Crippen LogP contribution is 2.25. The van der Waals surface area contributed by atoms with Crippen LogP contribution in [0.5, 0.6) is 11.5 Å². The third kappa shape index (κ3) is 5.24. The van der Waals surface area contributed by atoms with Crippen LogP contribution in [0.4, 0.5) is 4.39 Å². The molecule has 0 aliphatic rings. The number of benzene rings is 3. The van der Waals surface area contributed by atoms with Gasteiger partial charge in [0.05, 0.1) is 24.7 Å². The number of nitrogens with zero attached hydrogens (tertiary/aromatic N) is 1. The summed E-state index contributed by atoms with van der Waals surface area (Å²) < 4.78 is 52.0. The molecule has 3 aromatic carbocycles.